The van der Waals surface area contributed by atoms with Crippen molar-refractivity contribution in [2.75, 3.05) is 5.01 Å². The number of rotatable bonds is 4. The highest BCUT2D eigenvalue weighted by Gasteiger charge is 2.61. The molecule has 0 radical (unpaired) electrons. The van der Waals surface area contributed by atoms with Gasteiger partial charge < -0.3 is 0 Å². The van der Waals surface area contributed by atoms with Crippen molar-refractivity contribution in [3.63, 3.8) is 0 Å². The smallest absolute Gasteiger partial charge is 0.187 e. The second-order valence-electron chi connectivity index (χ2n) is 10.2. The van der Waals surface area contributed by atoms with E-state index >= 15 is 0 Å². The number of benzene rings is 5. The van der Waals surface area contributed by atoms with Crippen LogP contribution >= 0.6 is 23.5 Å². The van der Waals surface area contributed by atoms with Gasteiger partial charge in [0.1, 0.15) is 5.04 Å². The predicted octanol–water partition coefficient (Wildman–Crippen LogP) is 9.07. The molecular formula is C35H28N2S2. The summed E-state index contributed by atoms with van der Waals surface area (Å²) >= 11 is 3.85. The normalized spacial score (nSPS) is 19.2. The van der Waals surface area contributed by atoms with Gasteiger partial charge in [-0.2, -0.15) is 5.10 Å². The molecule has 0 fully saturated rings. The summed E-state index contributed by atoms with van der Waals surface area (Å²) in [5.74, 6) is 0. The molecule has 39 heavy (non-hydrogen) atoms. The average Bonchev–Trinajstić information content (AvgIpc) is 3.51. The monoisotopic (exact) mass is 540 g/mol. The molecule has 2 heterocycles. The first-order chi connectivity index (χ1) is 19.1. The summed E-state index contributed by atoms with van der Waals surface area (Å²) < 4.78 is -0.896. The van der Waals surface area contributed by atoms with E-state index in [2.05, 4.69) is 152 Å². The van der Waals surface area contributed by atoms with Gasteiger partial charge in [-0.3, -0.25) is 0 Å². The molecule has 0 bridgehead atoms. The van der Waals surface area contributed by atoms with Crippen LogP contribution in [-0.2, 0) is 8.95 Å². The molecule has 7 rings (SSSR count). The Morgan fingerprint density at radius 1 is 0.590 bits per heavy atom. The molecule has 0 saturated heterocycles. The van der Waals surface area contributed by atoms with Gasteiger partial charge in [0.2, 0.25) is 0 Å². The first kappa shape index (κ1) is 24.3. The first-order valence-corrected chi connectivity index (χ1v) is 14.9. The molecule has 1 atom stereocenters. The number of thioether (sulfide) groups is 2. The molecule has 2 aliphatic heterocycles. The highest BCUT2D eigenvalue weighted by molar-refractivity contribution is 8.26. The lowest BCUT2D eigenvalue weighted by molar-refractivity contribution is 0.806. The van der Waals surface area contributed by atoms with E-state index in [1.54, 1.807) is 0 Å². The molecule has 4 heteroatoms. The second kappa shape index (κ2) is 9.48. The summed E-state index contributed by atoms with van der Waals surface area (Å²) in [5, 5.41) is 8.64. The van der Waals surface area contributed by atoms with Crippen molar-refractivity contribution in [2.24, 2.45) is 5.10 Å². The molecular weight excluding hydrogens is 513 g/mol. The van der Waals surface area contributed by atoms with Crippen molar-refractivity contribution in [1.29, 1.82) is 0 Å². The van der Waals surface area contributed by atoms with E-state index in [1.165, 1.54) is 33.4 Å². The quantitative estimate of drug-likeness (QED) is 0.226. The van der Waals surface area contributed by atoms with Crippen molar-refractivity contribution in [1.82, 2.24) is 0 Å². The van der Waals surface area contributed by atoms with Crippen molar-refractivity contribution in [3.05, 3.63) is 172 Å². The Balaban J connectivity index is 1.52. The third kappa shape index (κ3) is 3.85. The molecule has 0 amide bonds. The minimum Gasteiger partial charge on any atom is -0.233 e. The van der Waals surface area contributed by atoms with Gasteiger partial charge >= 0.3 is 0 Å². The fraction of sp³-hybridized carbons (Fsp3) is 0.114. The largest absolute Gasteiger partial charge is 0.233 e. The Morgan fingerprint density at radius 3 is 1.77 bits per heavy atom. The van der Waals surface area contributed by atoms with Crippen molar-refractivity contribution in [2.45, 2.75) is 22.8 Å². The molecule has 1 spiro atoms. The van der Waals surface area contributed by atoms with Gasteiger partial charge in [0.15, 0.2) is 4.20 Å². The lowest BCUT2D eigenvalue weighted by Gasteiger charge is -2.37. The maximum atomic E-state index is 5.34. The molecule has 5 aromatic rings. The van der Waals surface area contributed by atoms with Gasteiger partial charge in [-0.05, 0) is 42.7 Å². The molecule has 1 unspecified atom stereocenters. The predicted molar refractivity (Wildman–Crippen MR) is 167 cm³/mol. The second-order valence-corrected chi connectivity index (χ2v) is 13.0. The fourth-order valence-electron chi connectivity index (χ4n) is 5.79. The number of anilines is 1. The summed E-state index contributed by atoms with van der Waals surface area (Å²) in [6.07, 6.45) is 0. The molecule has 2 aliphatic rings. The van der Waals surface area contributed by atoms with E-state index in [0.717, 1.165) is 16.3 Å². The Morgan fingerprint density at radius 2 is 1.15 bits per heavy atom. The van der Waals surface area contributed by atoms with Gasteiger partial charge in [0, 0.05) is 11.1 Å². The van der Waals surface area contributed by atoms with Crippen LogP contribution in [0.25, 0.3) is 0 Å². The Bertz CT molecular complexity index is 1650. The van der Waals surface area contributed by atoms with Crippen LogP contribution in [0.3, 0.4) is 0 Å². The summed E-state index contributed by atoms with van der Waals surface area (Å²) in [6.45, 7) is 4.37. The summed E-state index contributed by atoms with van der Waals surface area (Å²) in [7, 11) is 0. The highest BCUT2D eigenvalue weighted by Crippen LogP contribution is 2.71. The molecule has 0 aromatic heterocycles. The van der Waals surface area contributed by atoms with E-state index < -0.39 is 8.95 Å². The highest BCUT2D eigenvalue weighted by atomic mass is 32.2. The van der Waals surface area contributed by atoms with Crippen LogP contribution in [0.4, 0.5) is 5.69 Å². The summed E-state index contributed by atoms with van der Waals surface area (Å²) in [6, 6.07) is 48.2. The minimum atomic E-state index is -0.489. The number of nitrogens with zero attached hydrogens (tertiary/aromatic N) is 2. The van der Waals surface area contributed by atoms with Crippen LogP contribution < -0.4 is 5.01 Å². The number of hydrazone groups is 1. The average molecular weight is 541 g/mol. The Labute approximate surface area is 238 Å². The Hall–Kier alpha value is -3.73. The van der Waals surface area contributed by atoms with Crippen molar-refractivity contribution >= 4 is 34.3 Å². The standard InChI is InChI=1S/C35H28N2S2/c1-25-13-11-17-28(23-25)34(29-18-12-14-26(2)24-29)31-21-9-10-22-32(31)35(39-34)37(30-19-7-4-8-20-30)36-33(38-35)27-15-5-3-6-16-27/h3-24H,1-2H3. The van der Waals surface area contributed by atoms with Crippen molar-refractivity contribution < 1.29 is 0 Å². The van der Waals surface area contributed by atoms with Crippen LogP contribution in [0.1, 0.15) is 38.9 Å². The third-order valence-corrected chi connectivity index (χ3v) is 10.9. The third-order valence-electron chi connectivity index (χ3n) is 7.51. The van der Waals surface area contributed by atoms with Gasteiger partial charge in [-0.15, -0.1) is 0 Å². The van der Waals surface area contributed by atoms with E-state index in [0.29, 0.717) is 0 Å². The number of hydrogen-bond donors (Lipinski definition) is 0. The van der Waals surface area contributed by atoms with Gasteiger partial charge in [-0.25, -0.2) is 5.01 Å². The van der Waals surface area contributed by atoms with Crippen LogP contribution in [0.5, 0.6) is 0 Å². The topological polar surface area (TPSA) is 15.6 Å². The SMILES string of the molecule is Cc1cccc(C2(c3cccc(C)c3)SC3(SC(c4ccccc4)=NN3c3ccccc3)c3ccccc32)c1. The van der Waals surface area contributed by atoms with Crippen LogP contribution in [0, 0.1) is 13.8 Å². The Kier molecular flexibility index (Phi) is 5.91. The van der Waals surface area contributed by atoms with E-state index in [9.17, 15) is 0 Å². The number of hydrogen-bond acceptors (Lipinski definition) is 4. The van der Waals surface area contributed by atoms with E-state index in [4.69, 9.17) is 5.10 Å². The summed E-state index contributed by atoms with van der Waals surface area (Å²) in [4.78, 5) is 0. The number of aryl methyl sites for hydroxylation is 2. The molecule has 0 N–H and O–H groups in total. The van der Waals surface area contributed by atoms with Crippen LogP contribution in [0.2, 0.25) is 0 Å². The maximum Gasteiger partial charge on any atom is 0.187 e. The summed E-state index contributed by atoms with van der Waals surface area (Å²) in [5.41, 5.74) is 9.96. The molecule has 2 nitrogen and oxygen atoms in total. The van der Waals surface area contributed by atoms with Gasteiger partial charge in [-0.1, -0.05) is 156 Å². The van der Waals surface area contributed by atoms with E-state index in [-0.39, 0.29) is 0 Å². The van der Waals surface area contributed by atoms with Gasteiger partial charge in [0.05, 0.1) is 10.4 Å². The lowest BCUT2D eigenvalue weighted by Crippen LogP contribution is -2.34. The zero-order valence-corrected chi connectivity index (χ0v) is 23.5. The van der Waals surface area contributed by atoms with Crippen molar-refractivity contribution in [3.8, 4) is 0 Å². The minimum absolute atomic E-state index is 0.406. The number of fused-ring (bicyclic) bond motifs is 2. The maximum absolute atomic E-state index is 5.34. The number of para-hydroxylation sites is 1. The molecule has 0 aliphatic carbocycles. The first-order valence-electron chi connectivity index (χ1n) is 13.2. The van der Waals surface area contributed by atoms with Crippen LogP contribution in [0.15, 0.2) is 139 Å². The molecule has 5 aromatic carbocycles. The zero-order chi connectivity index (χ0) is 26.5. The van der Waals surface area contributed by atoms with Gasteiger partial charge in [0.25, 0.3) is 0 Å². The molecule has 190 valence electrons. The van der Waals surface area contributed by atoms with Crippen LogP contribution in [-0.4, -0.2) is 5.04 Å². The molecule has 0 saturated carbocycles. The fourth-order valence-corrected chi connectivity index (χ4v) is 9.44. The van der Waals surface area contributed by atoms with E-state index in [1.807, 2.05) is 23.5 Å². The zero-order valence-electron chi connectivity index (χ0n) is 21.9. The lowest BCUT2D eigenvalue weighted by atomic mass is 9.81.